The van der Waals surface area contributed by atoms with Crippen LogP contribution in [0.15, 0.2) is 0 Å². The number of hydrogen-bond donors (Lipinski definition) is 1. The minimum atomic E-state index is -4.45. The lowest BCUT2D eigenvalue weighted by Crippen LogP contribution is -2.43. The fourth-order valence-electron chi connectivity index (χ4n) is 2.58. The van der Waals surface area contributed by atoms with E-state index >= 15 is 0 Å². The molecule has 1 rings (SSSR count). The van der Waals surface area contributed by atoms with Crippen molar-refractivity contribution in [1.29, 1.82) is 0 Å². The van der Waals surface area contributed by atoms with Crippen LogP contribution in [0.3, 0.4) is 0 Å². The summed E-state index contributed by atoms with van der Waals surface area (Å²) in [5.41, 5.74) is 0. The number of amides is 1. The topological polar surface area (TPSA) is 41.6 Å². The molecule has 1 saturated heterocycles. The Bertz CT molecular complexity index is 321. The van der Waals surface area contributed by atoms with Gasteiger partial charge in [0.1, 0.15) is 6.42 Å². The molecular weight excluding hydrogens is 273 g/mol. The minimum Gasteiger partial charge on any atom is -0.383 e. The zero-order valence-electron chi connectivity index (χ0n) is 12.2. The lowest BCUT2D eigenvalue weighted by atomic mass is 9.91. The second kappa shape index (κ2) is 7.26. The lowest BCUT2D eigenvalue weighted by molar-refractivity contribution is -0.154. The molecule has 0 spiro atoms. The Morgan fingerprint density at radius 3 is 2.55 bits per heavy atom. The second-order valence-electron chi connectivity index (χ2n) is 5.63. The van der Waals surface area contributed by atoms with Crippen LogP contribution in [-0.4, -0.2) is 56.4 Å². The van der Waals surface area contributed by atoms with Gasteiger partial charge >= 0.3 is 6.18 Å². The molecule has 0 aromatic rings. The number of alkyl halides is 3. The highest BCUT2D eigenvalue weighted by Crippen LogP contribution is 2.25. The van der Waals surface area contributed by atoms with Crippen molar-refractivity contribution in [2.45, 2.75) is 32.5 Å². The quantitative estimate of drug-likeness (QED) is 0.810. The monoisotopic (exact) mass is 296 g/mol. The first-order valence-electron chi connectivity index (χ1n) is 6.80. The summed E-state index contributed by atoms with van der Waals surface area (Å²) < 4.78 is 41.6. The molecule has 1 aliphatic heterocycles. The third-order valence-electron chi connectivity index (χ3n) is 3.62. The van der Waals surface area contributed by atoms with Crippen molar-refractivity contribution >= 4 is 5.91 Å². The van der Waals surface area contributed by atoms with Gasteiger partial charge < -0.3 is 10.1 Å². The number of nitrogens with zero attached hydrogens (tertiary/aromatic N) is 1. The Morgan fingerprint density at radius 2 is 2.05 bits per heavy atom. The summed E-state index contributed by atoms with van der Waals surface area (Å²) in [6.45, 7) is 6.70. The summed E-state index contributed by atoms with van der Waals surface area (Å²) in [5, 5.41) is 2.53. The maximum absolute atomic E-state index is 12.2. The Hall–Kier alpha value is -0.820. The van der Waals surface area contributed by atoms with Gasteiger partial charge in [0.2, 0.25) is 5.91 Å². The molecular formula is C13H23F3N2O2. The van der Waals surface area contributed by atoms with Crippen molar-refractivity contribution in [1.82, 2.24) is 10.2 Å². The molecule has 0 radical (unpaired) electrons. The van der Waals surface area contributed by atoms with Crippen molar-refractivity contribution in [3.05, 3.63) is 0 Å². The molecule has 1 heterocycles. The molecule has 0 unspecified atom stereocenters. The second-order valence-corrected chi connectivity index (χ2v) is 5.63. The molecule has 1 amide bonds. The van der Waals surface area contributed by atoms with E-state index in [4.69, 9.17) is 4.74 Å². The number of hydrogen-bond acceptors (Lipinski definition) is 3. The minimum absolute atomic E-state index is 0.170. The number of methoxy groups -OCH3 is 1. The highest BCUT2D eigenvalue weighted by molar-refractivity contribution is 5.77. The molecule has 1 aliphatic rings. The molecule has 2 atom stereocenters. The van der Waals surface area contributed by atoms with Gasteiger partial charge in [-0.1, -0.05) is 13.8 Å². The van der Waals surface area contributed by atoms with Crippen LogP contribution in [0.4, 0.5) is 13.2 Å². The van der Waals surface area contributed by atoms with E-state index in [0.29, 0.717) is 19.1 Å². The van der Waals surface area contributed by atoms with E-state index in [0.717, 1.165) is 13.1 Å². The third kappa shape index (κ3) is 5.66. The number of carbonyl (C=O) groups is 1. The Balaban J connectivity index is 2.55. The number of ether oxygens (including phenoxy) is 1. The van der Waals surface area contributed by atoms with Crippen molar-refractivity contribution in [2.24, 2.45) is 11.8 Å². The van der Waals surface area contributed by atoms with Gasteiger partial charge in [-0.15, -0.1) is 0 Å². The van der Waals surface area contributed by atoms with Crippen LogP contribution in [0.1, 0.15) is 20.3 Å². The van der Waals surface area contributed by atoms with E-state index in [-0.39, 0.29) is 12.0 Å². The molecule has 7 heteroatoms. The summed E-state index contributed by atoms with van der Waals surface area (Å²) in [7, 11) is 1.61. The molecule has 0 aromatic carbocycles. The maximum atomic E-state index is 12.2. The highest BCUT2D eigenvalue weighted by Gasteiger charge is 2.37. The average Bonchev–Trinajstić information content (AvgIpc) is 2.66. The van der Waals surface area contributed by atoms with Gasteiger partial charge in [-0.2, -0.15) is 13.2 Å². The smallest absolute Gasteiger partial charge is 0.383 e. The molecule has 0 aliphatic carbocycles. The number of halogens is 3. The molecule has 20 heavy (non-hydrogen) atoms. The Labute approximate surface area is 117 Å². The predicted molar refractivity (Wildman–Crippen MR) is 69.2 cm³/mol. The molecule has 0 bridgehead atoms. The number of carbonyl (C=O) groups excluding carboxylic acids is 1. The van der Waals surface area contributed by atoms with E-state index in [1.54, 1.807) is 7.11 Å². The van der Waals surface area contributed by atoms with Crippen molar-refractivity contribution in [3.63, 3.8) is 0 Å². The standard InChI is InChI=1S/C13H23F3N2O2/c1-9(2)10-7-18(4-5-20-3)8-11(10)17-12(19)6-13(14,15)16/h9-11H,4-8H2,1-3H3,(H,17,19)/t10-,11+/m1/s1. The van der Waals surface area contributed by atoms with E-state index < -0.39 is 18.5 Å². The van der Waals surface area contributed by atoms with Gasteiger partial charge in [-0.25, -0.2) is 0 Å². The summed E-state index contributed by atoms with van der Waals surface area (Å²) in [4.78, 5) is 13.5. The van der Waals surface area contributed by atoms with Crippen molar-refractivity contribution < 1.29 is 22.7 Å². The average molecular weight is 296 g/mol. The molecule has 118 valence electrons. The fraction of sp³-hybridized carbons (Fsp3) is 0.923. The lowest BCUT2D eigenvalue weighted by Gasteiger charge is -2.23. The van der Waals surface area contributed by atoms with E-state index in [1.165, 1.54) is 0 Å². The zero-order valence-corrected chi connectivity index (χ0v) is 12.2. The fourth-order valence-corrected chi connectivity index (χ4v) is 2.58. The van der Waals surface area contributed by atoms with Gasteiger partial charge in [-0.3, -0.25) is 9.69 Å². The van der Waals surface area contributed by atoms with Gasteiger partial charge in [0, 0.05) is 32.8 Å². The van der Waals surface area contributed by atoms with E-state index in [1.807, 2.05) is 13.8 Å². The number of rotatable bonds is 6. The summed E-state index contributed by atoms with van der Waals surface area (Å²) in [6.07, 6.45) is -5.86. The van der Waals surface area contributed by atoms with Crippen LogP contribution in [0.25, 0.3) is 0 Å². The van der Waals surface area contributed by atoms with Crippen LogP contribution in [-0.2, 0) is 9.53 Å². The van der Waals surface area contributed by atoms with E-state index in [9.17, 15) is 18.0 Å². The largest absolute Gasteiger partial charge is 0.397 e. The van der Waals surface area contributed by atoms with Gasteiger partial charge in [0.25, 0.3) is 0 Å². The van der Waals surface area contributed by atoms with Crippen molar-refractivity contribution in [3.8, 4) is 0 Å². The maximum Gasteiger partial charge on any atom is 0.397 e. The summed E-state index contributed by atoms with van der Waals surface area (Å²) in [6, 6.07) is -0.221. The first kappa shape index (κ1) is 17.2. The third-order valence-corrected chi connectivity index (χ3v) is 3.62. The summed E-state index contributed by atoms with van der Waals surface area (Å²) >= 11 is 0. The zero-order chi connectivity index (χ0) is 15.3. The van der Waals surface area contributed by atoms with Crippen LogP contribution in [0, 0.1) is 11.8 Å². The first-order valence-corrected chi connectivity index (χ1v) is 6.80. The molecule has 1 N–H and O–H groups in total. The number of likely N-dealkylation sites (tertiary alicyclic amines) is 1. The van der Waals surface area contributed by atoms with Crippen LogP contribution < -0.4 is 5.32 Å². The Morgan fingerprint density at radius 1 is 1.40 bits per heavy atom. The molecule has 0 saturated carbocycles. The summed E-state index contributed by atoms with van der Waals surface area (Å²) in [5.74, 6) is -0.468. The number of nitrogens with one attached hydrogen (secondary N) is 1. The van der Waals surface area contributed by atoms with Crippen LogP contribution in [0.2, 0.25) is 0 Å². The molecule has 1 fully saturated rings. The highest BCUT2D eigenvalue weighted by atomic mass is 19.4. The van der Waals surface area contributed by atoms with Crippen LogP contribution in [0.5, 0.6) is 0 Å². The van der Waals surface area contributed by atoms with Gasteiger partial charge in [0.15, 0.2) is 0 Å². The van der Waals surface area contributed by atoms with Crippen molar-refractivity contribution in [2.75, 3.05) is 33.4 Å². The Kier molecular flexibility index (Phi) is 6.26. The SMILES string of the molecule is COCCN1C[C@H](NC(=O)CC(F)(F)F)[C@@H](C(C)C)C1. The van der Waals surface area contributed by atoms with Gasteiger partial charge in [0.05, 0.1) is 6.61 Å². The van der Waals surface area contributed by atoms with Crippen LogP contribution >= 0.6 is 0 Å². The first-order chi connectivity index (χ1) is 9.23. The van der Waals surface area contributed by atoms with E-state index in [2.05, 4.69) is 10.2 Å². The van der Waals surface area contributed by atoms with Gasteiger partial charge in [-0.05, 0) is 11.8 Å². The normalized spacial score (nSPS) is 24.4. The molecule has 4 nitrogen and oxygen atoms in total. The molecule has 0 aromatic heterocycles. The predicted octanol–water partition coefficient (Wildman–Crippen LogP) is 1.66.